The van der Waals surface area contributed by atoms with E-state index in [4.69, 9.17) is 10.00 Å². The predicted molar refractivity (Wildman–Crippen MR) is 77.7 cm³/mol. The van der Waals surface area contributed by atoms with E-state index >= 15 is 0 Å². The number of hydrogen-bond donors (Lipinski definition) is 0. The molecule has 0 saturated heterocycles. The van der Waals surface area contributed by atoms with Gasteiger partial charge in [-0.15, -0.1) is 0 Å². The highest BCUT2D eigenvalue weighted by Crippen LogP contribution is 2.30. The average Bonchev–Trinajstić information content (AvgIpc) is 2.29. The van der Waals surface area contributed by atoms with E-state index < -0.39 is 5.60 Å². The third kappa shape index (κ3) is 4.71. The second-order valence-corrected chi connectivity index (χ2v) is 6.30. The molecule has 19 heavy (non-hydrogen) atoms. The van der Waals surface area contributed by atoms with Crippen molar-refractivity contribution in [3.63, 3.8) is 0 Å². The third-order valence-electron chi connectivity index (χ3n) is 2.58. The molecule has 0 fully saturated rings. The van der Waals surface area contributed by atoms with Gasteiger partial charge in [0.15, 0.2) is 0 Å². The minimum Gasteiger partial charge on any atom is -0.444 e. The summed E-state index contributed by atoms with van der Waals surface area (Å²) >= 11 is 3.43. The summed E-state index contributed by atoms with van der Waals surface area (Å²) in [5.41, 5.74) is 1.18. The summed E-state index contributed by atoms with van der Waals surface area (Å²) in [6, 6.07) is 2.18. The Balaban J connectivity index is 2.71. The van der Waals surface area contributed by atoms with Gasteiger partial charge in [-0.05, 0) is 55.1 Å². The van der Waals surface area contributed by atoms with E-state index in [1.165, 1.54) is 4.90 Å². The van der Waals surface area contributed by atoms with Gasteiger partial charge in [-0.1, -0.05) is 6.08 Å². The zero-order valence-corrected chi connectivity index (χ0v) is 13.4. The fraction of sp³-hybridized carbons (Fsp3) is 0.571. The van der Waals surface area contributed by atoms with Gasteiger partial charge in [0, 0.05) is 23.6 Å². The molecule has 0 spiro atoms. The average molecular weight is 327 g/mol. The van der Waals surface area contributed by atoms with Crippen LogP contribution in [0.3, 0.4) is 0 Å². The molecule has 1 aliphatic rings. The number of hydrogen-bond acceptors (Lipinski definition) is 3. The number of halogens is 1. The molecule has 104 valence electrons. The summed E-state index contributed by atoms with van der Waals surface area (Å²) in [5.74, 6) is 0. The number of nitriles is 1. The van der Waals surface area contributed by atoms with E-state index in [1.807, 2.05) is 26.8 Å². The van der Waals surface area contributed by atoms with Crippen LogP contribution in [-0.4, -0.2) is 30.2 Å². The number of amides is 1. The zero-order valence-electron chi connectivity index (χ0n) is 11.8. The maximum absolute atomic E-state index is 11.9. The van der Waals surface area contributed by atoms with Gasteiger partial charge in [-0.25, -0.2) is 4.79 Å². The van der Waals surface area contributed by atoms with E-state index in [0.717, 1.165) is 28.5 Å². The van der Waals surface area contributed by atoms with Gasteiger partial charge in [-0.2, -0.15) is 5.26 Å². The molecule has 0 unspecified atom stereocenters. The number of nitrogens with zero attached hydrogens (tertiary/aromatic N) is 2. The maximum atomic E-state index is 11.9. The molecule has 1 rings (SSSR count). The molecular weight excluding hydrogens is 308 g/mol. The van der Waals surface area contributed by atoms with Crippen molar-refractivity contribution in [2.75, 3.05) is 13.6 Å². The first-order chi connectivity index (χ1) is 8.74. The summed E-state index contributed by atoms with van der Waals surface area (Å²) in [6.07, 6.45) is 3.26. The minimum absolute atomic E-state index is 0.363. The standard InChI is InChI=1S/C14H19BrN2O2/c1-14(2,3)19-13(18)17(4)9-11-7-5-6-10(8-16)12(11)15/h7H,5-6,9H2,1-4H3. The molecular formula is C14H19BrN2O2. The van der Waals surface area contributed by atoms with Crippen LogP contribution >= 0.6 is 15.9 Å². The number of carbonyl (C=O) groups is 1. The van der Waals surface area contributed by atoms with Gasteiger partial charge in [-0.3, -0.25) is 0 Å². The molecule has 0 radical (unpaired) electrons. The van der Waals surface area contributed by atoms with E-state index in [2.05, 4.69) is 22.0 Å². The first-order valence-electron chi connectivity index (χ1n) is 6.17. The lowest BCUT2D eigenvalue weighted by Crippen LogP contribution is -2.35. The van der Waals surface area contributed by atoms with Gasteiger partial charge in [0.25, 0.3) is 0 Å². The van der Waals surface area contributed by atoms with Crippen LogP contribution in [-0.2, 0) is 4.74 Å². The smallest absolute Gasteiger partial charge is 0.410 e. The van der Waals surface area contributed by atoms with Crippen LogP contribution < -0.4 is 0 Å². The number of likely N-dealkylation sites (N-methyl/N-ethyl adjacent to an activating group) is 1. The molecule has 4 nitrogen and oxygen atoms in total. The van der Waals surface area contributed by atoms with Gasteiger partial charge in [0.1, 0.15) is 5.60 Å². The Hall–Kier alpha value is -1.28. The van der Waals surface area contributed by atoms with Crippen molar-refractivity contribution in [2.24, 2.45) is 0 Å². The molecule has 0 aromatic carbocycles. The monoisotopic (exact) mass is 326 g/mol. The lowest BCUT2D eigenvalue weighted by Gasteiger charge is -2.26. The Kier molecular flexibility index (Phi) is 5.19. The van der Waals surface area contributed by atoms with E-state index in [-0.39, 0.29) is 6.09 Å². The van der Waals surface area contributed by atoms with Gasteiger partial charge >= 0.3 is 6.09 Å². The van der Waals surface area contributed by atoms with Crippen molar-refractivity contribution in [1.82, 2.24) is 4.90 Å². The molecule has 1 amide bonds. The molecule has 0 aromatic heterocycles. The lowest BCUT2D eigenvalue weighted by atomic mass is 10.00. The first-order valence-corrected chi connectivity index (χ1v) is 6.96. The molecule has 0 atom stereocenters. The quantitative estimate of drug-likeness (QED) is 0.776. The van der Waals surface area contributed by atoms with Gasteiger partial charge in [0.2, 0.25) is 0 Å². The molecule has 5 heteroatoms. The van der Waals surface area contributed by atoms with Crippen LogP contribution in [0.1, 0.15) is 33.6 Å². The second-order valence-electron chi connectivity index (χ2n) is 5.51. The Bertz CT molecular complexity index is 467. The number of rotatable bonds is 2. The first kappa shape index (κ1) is 15.8. The van der Waals surface area contributed by atoms with E-state index in [0.29, 0.717) is 6.54 Å². The normalized spacial score (nSPS) is 15.7. The Morgan fingerprint density at radius 3 is 2.74 bits per heavy atom. The van der Waals surface area contributed by atoms with Crippen molar-refractivity contribution in [3.8, 4) is 6.07 Å². The van der Waals surface area contributed by atoms with E-state index in [9.17, 15) is 4.79 Å². The summed E-state index contributed by atoms with van der Waals surface area (Å²) < 4.78 is 6.10. The summed E-state index contributed by atoms with van der Waals surface area (Å²) in [6.45, 7) is 5.94. The molecule has 0 bridgehead atoms. The van der Waals surface area contributed by atoms with Crippen molar-refractivity contribution >= 4 is 22.0 Å². The lowest BCUT2D eigenvalue weighted by molar-refractivity contribution is 0.0314. The Morgan fingerprint density at radius 1 is 1.58 bits per heavy atom. The van der Waals surface area contributed by atoms with Crippen LogP contribution in [0.25, 0.3) is 0 Å². The fourth-order valence-corrected chi connectivity index (χ4v) is 2.26. The molecule has 0 heterocycles. The van der Waals surface area contributed by atoms with E-state index in [1.54, 1.807) is 7.05 Å². The van der Waals surface area contributed by atoms with Crippen molar-refractivity contribution in [3.05, 3.63) is 21.7 Å². The largest absolute Gasteiger partial charge is 0.444 e. The van der Waals surface area contributed by atoms with Crippen LogP contribution in [0, 0.1) is 11.3 Å². The Labute approximate surface area is 122 Å². The van der Waals surface area contributed by atoms with Crippen molar-refractivity contribution in [1.29, 1.82) is 5.26 Å². The molecule has 1 aliphatic carbocycles. The van der Waals surface area contributed by atoms with Crippen LogP contribution in [0.2, 0.25) is 0 Å². The second kappa shape index (κ2) is 6.25. The summed E-state index contributed by atoms with van der Waals surface area (Å²) in [7, 11) is 1.69. The molecule has 0 N–H and O–H groups in total. The summed E-state index contributed by atoms with van der Waals surface area (Å²) in [5, 5.41) is 9.01. The minimum atomic E-state index is -0.503. The van der Waals surface area contributed by atoms with Crippen molar-refractivity contribution < 1.29 is 9.53 Å². The van der Waals surface area contributed by atoms with Crippen LogP contribution in [0.15, 0.2) is 21.7 Å². The maximum Gasteiger partial charge on any atom is 0.410 e. The number of allylic oxidation sites excluding steroid dienone is 2. The zero-order chi connectivity index (χ0) is 14.6. The van der Waals surface area contributed by atoms with Crippen molar-refractivity contribution in [2.45, 2.75) is 39.2 Å². The fourth-order valence-electron chi connectivity index (χ4n) is 1.68. The third-order valence-corrected chi connectivity index (χ3v) is 3.57. The topological polar surface area (TPSA) is 53.3 Å². The molecule has 0 aromatic rings. The van der Waals surface area contributed by atoms with Crippen LogP contribution in [0.4, 0.5) is 4.79 Å². The highest BCUT2D eigenvalue weighted by molar-refractivity contribution is 9.12. The SMILES string of the molecule is CN(CC1=CCCC(C#N)=C1Br)C(=O)OC(C)(C)C. The van der Waals surface area contributed by atoms with Gasteiger partial charge in [0.05, 0.1) is 6.07 Å². The Morgan fingerprint density at radius 2 is 2.21 bits per heavy atom. The van der Waals surface area contributed by atoms with Gasteiger partial charge < -0.3 is 9.64 Å². The summed E-state index contributed by atoms with van der Waals surface area (Å²) in [4.78, 5) is 13.4. The highest BCUT2D eigenvalue weighted by Gasteiger charge is 2.22. The molecule has 0 saturated carbocycles. The number of ether oxygens (including phenoxy) is 1. The highest BCUT2D eigenvalue weighted by atomic mass is 79.9. The number of carbonyl (C=O) groups excluding carboxylic acids is 1. The molecule has 0 aliphatic heterocycles. The predicted octanol–water partition coefficient (Wildman–Crippen LogP) is 3.75. The van der Waals surface area contributed by atoms with Crippen LogP contribution in [0.5, 0.6) is 0 Å².